The molecule has 0 aliphatic heterocycles. The number of H-pyrrole nitrogens is 1. The Balaban J connectivity index is 1.52. The Morgan fingerprint density at radius 2 is 1.89 bits per heavy atom. The number of thiophene rings is 1. The van der Waals surface area contributed by atoms with Gasteiger partial charge < -0.3 is 10.3 Å². The van der Waals surface area contributed by atoms with Gasteiger partial charge in [0.25, 0.3) is 5.56 Å². The minimum atomic E-state index is -0.196. The van der Waals surface area contributed by atoms with Crippen molar-refractivity contribution >= 4 is 60.8 Å². The van der Waals surface area contributed by atoms with E-state index in [1.807, 2.05) is 60.0 Å². The molecule has 0 unspecified atom stereocenters. The lowest BCUT2D eigenvalue weighted by Gasteiger charge is -2.06. The predicted octanol–water partition coefficient (Wildman–Crippen LogP) is 5.14. The Bertz CT molecular complexity index is 1210. The van der Waals surface area contributed by atoms with Crippen molar-refractivity contribution in [2.24, 2.45) is 0 Å². The molecule has 0 fully saturated rings. The zero-order valence-corrected chi connectivity index (χ0v) is 17.7. The second kappa shape index (κ2) is 8.30. The lowest BCUT2D eigenvalue weighted by molar-refractivity contribution is -0.113. The summed E-state index contributed by atoms with van der Waals surface area (Å²) >= 11 is 6.02. The Morgan fingerprint density at radius 1 is 1.14 bits per heavy atom. The molecule has 28 heavy (non-hydrogen) atoms. The van der Waals surface area contributed by atoms with Crippen molar-refractivity contribution in [3.8, 4) is 11.1 Å². The van der Waals surface area contributed by atoms with Crippen molar-refractivity contribution in [1.29, 1.82) is 0 Å². The smallest absolute Gasteiger partial charge is 0.260 e. The fraction of sp³-hybridized carbons (Fsp3) is 0.0500. The Labute approximate surface area is 177 Å². The SMILES string of the molecule is O=C(CSc1nc2scc(-c3ccccc3)c2c(=O)[nH]1)Nc1ccccc1Br. The number of halogens is 1. The molecule has 140 valence electrons. The van der Waals surface area contributed by atoms with E-state index in [-0.39, 0.29) is 17.2 Å². The normalized spacial score (nSPS) is 10.9. The molecule has 0 saturated heterocycles. The number of amides is 1. The largest absolute Gasteiger partial charge is 0.324 e. The summed E-state index contributed by atoms with van der Waals surface area (Å²) in [6, 6.07) is 17.2. The van der Waals surface area contributed by atoms with Crippen LogP contribution in [0.3, 0.4) is 0 Å². The fourth-order valence-electron chi connectivity index (χ4n) is 2.71. The molecule has 4 rings (SSSR count). The predicted molar refractivity (Wildman–Crippen MR) is 119 cm³/mol. The van der Waals surface area contributed by atoms with Gasteiger partial charge in [0.2, 0.25) is 5.91 Å². The van der Waals surface area contributed by atoms with E-state index in [9.17, 15) is 9.59 Å². The number of aromatic nitrogens is 2. The van der Waals surface area contributed by atoms with Crippen LogP contribution in [-0.2, 0) is 4.79 Å². The molecule has 0 saturated carbocycles. The van der Waals surface area contributed by atoms with Crippen molar-refractivity contribution in [3.05, 3.63) is 74.8 Å². The molecule has 4 aromatic rings. The van der Waals surface area contributed by atoms with Gasteiger partial charge in [0, 0.05) is 15.4 Å². The van der Waals surface area contributed by atoms with E-state index in [1.54, 1.807) is 0 Å². The zero-order valence-electron chi connectivity index (χ0n) is 14.4. The van der Waals surface area contributed by atoms with Crippen LogP contribution >= 0.6 is 39.0 Å². The second-order valence-electron chi connectivity index (χ2n) is 5.88. The van der Waals surface area contributed by atoms with Crippen LogP contribution in [0.5, 0.6) is 0 Å². The summed E-state index contributed by atoms with van der Waals surface area (Å²) in [4.78, 5) is 32.8. The van der Waals surface area contributed by atoms with Crippen LogP contribution in [0, 0.1) is 0 Å². The van der Waals surface area contributed by atoms with E-state index < -0.39 is 0 Å². The number of rotatable bonds is 5. The zero-order chi connectivity index (χ0) is 19.5. The van der Waals surface area contributed by atoms with Crippen LogP contribution in [0.15, 0.2) is 74.4 Å². The first-order valence-corrected chi connectivity index (χ1v) is 11.0. The summed E-state index contributed by atoms with van der Waals surface area (Å²) in [5, 5.41) is 5.79. The van der Waals surface area contributed by atoms with Crippen molar-refractivity contribution in [1.82, 2.24) is 9.97 Å². The van der Waals surface area contributed by atoms with Crippen LogP contribution in [-0.4, -0.2) is 21.6 Å². The lowest BCUT2D eigenvalue weighted by atomic mass is 10.1. The Kier molecular flexibility index (Phi) is 5.61. The van der Waals surface area contributed by atoms with Gasteiger partial charge in [-0.15, -0.1) is 11.3 Å². The van der Waals surface area contributed by atoms with E-state index in [0.717, 1.165) is 15.6 Å². The number of benzene rings is 2. The molecule has 0 bridgehead atoms. The van der Waals surface area contributed by atoms with Gasteiger partial charge in [-0.2, -0.15) is 0 Å². The highest BCUT2D eigenvalue weighted by Gasteiger charge is 2.14. The number of para-hydroxylation sites is 1. The average Bonchev–Trinajstić information content (AvgIpc) is 3.13. The molecule has 5 nitrogen and oxygen atoms in total. The highest BCUT2D eigenvalue weighted by atomic mass is 79.9. The van der Waals surface area contributed by atoms with Gasteiger partial charge in [-0.1, -0.05) is 54.2 Å². The molecule has 0 radical (unpaired) electrons. The van der Waals surface area contributed by atoms with E-state index in [2.05, 4.69) is 31.2 Å². The third-order valence-electron chi connectivity index (χ3n) is 3.99. The molecular formula is C20H14BrN3O2S2. The standard InChI is InChI=1S/C20H14BrN3O2S2/c21-14-8-4-5-9-15(14)22-16(25)11-28-20-23-18(26)17-13(10-27-19(17)24-20)12-6-2-1-3-7-12/h1-10H,11H2,(H,22,25)(H,23,24,26). The van der Waals surface area contributed by atoms with E-state index in [0.29, 0.717) is 21.1 Å². The molecule has 2 N–H and O–H groups in total. The number of nitrogens with zero attached hydrogens (tertiary/aromatic N) is 1. The molecule has 0 atom stereocenters. The summed E-state index contributed by atoms with van der Waals surface area (Å²) in [6.45, 7) is 0. The number of thioether (sulfide) groups is 1. The molecule has 0 spiro atoms. The van der Waals surface area contributed by atoms with Crippen LogP contribution in [0.25, 0.3) is 21.3 Å². The van der Waals surface area contributed by atoms with Crippen LogP contribution < -0.4 is 10.9 Å². The van der Waals surface area contributed by atoms with E-state index >= 15 is 0 Å². The summed E-state index contributed by atoms with van der Waals surface area (Å²) in [5.74, 6) is -0.0250. The average molecular weight is 472 g/mol. The minimum absolute atomic E-state index is 0.146. The maximum atomic E-state index is 12.6. The van der Waals surface area contributed by atoms with Gasteiger partial charge in [-0.25, -0.2) is 4.98 Å². The third kappa shape index (κ3) is 4.04. The summed E-state index contributed by atoms with van der Waals surface area (Å²) in [6.07, 6.45) is 0. The number of carbonyl (C=O) groups is 1. The Morgan fingerprint density at radius 3 is 2.68 bits per heavy atom. The highest BCUT2D eigenvalue weighted by Crippen LogP contribution is 2.31. The molecule has 2 aromatic heterocycles. The number of nitrogens with one attached hydrogen (secondary N) is 2. The van der Waals surface area contributed by atoms with Crippen LogP contribution in [0.4, 0.5) is 5.69 Å². The molecule has 2 aromatic carbocycles. The van der Waals surface area contributed by atoms with Gasteiger partial charge in [0.1, 0.15) is 4.83 Å². The van der Waals surface area contributed by atoms with Gasteiger partial charge in [-0.3, -0.25) is 9.59 Å². The van der Waals surface area contributed by atoms with Crippen molar-refractivity contribution < 1.29 is 4.79 Å². The maximum absolute atomic E-state index is 12.6. The quantitative estimate of drug-likeness (QED) is 0.312. The maximum Gasteiger partial charge on any atom is 0.260 e. The summed E-state index contributed by atoms with van der Waals surface area (Å²) in [7, 11) is 0. The number of hydrogen-bond donors (Lipinski definition) is 2. The van der Waals surface area contributed by atoms with E-state index in [4.69, 9.17) is 0 Å². The molecule has 1 amide bonds. The van der Waals surface area contributed by atoms with Crippen molar-refractivity contribution in [2.75, 3.05) is 11.1 Å². The summed E-state index contributed by atoms with van der Waals surface area (Å²) in [5.41, 5.74) is 2.36. The molecular weight excluding hydrogens is 458 g/mol. The van der Waals surface area contributed by atoms with Gasteiger partial charge in [-0.05, 0) is 33.6 Å². The number of anilines is 1. The first-order valence-electron chi connectivity index (χ1n) is 8.36. The van der Waals surface area contributed by atoms with Crippen LogP contribution in [0.2, 0.25) is 0 Å². The lowest BCUT2D eigenvalue weighted by Crippen LogP contribution is -2.15. The van der Waals surface area contributed by atoms with Crippen LogP contribution in [0.1, 0.15) is 0 Å². The van der Waals surface area contributed by atoms with Gasteiger partial charge in [0.05, 0.1) is 16.8 Å². The second-order valence-corrected chi connectivity index (χ2v) is 8.56. The topological polar surface area (TPSA) is 74.8 Å². The fourth-order valence-corrected chi connectivity index (χ4v) is 4.76. The number of hydrogen-bond acceptors (Lipinski definition) is 5. The minimum Gasteiger partial charge on any atom is -0.324 e. The number of aromatic amines is 1. The molecule has 0 aliphatic rings. The number of carbonyl (C=O) groups excluding carboxylic acids is 1. The first kappa shape index (κ1) is 18.9. The highest BCUT2D eigenvalue weighted by molar-refractivity contribution is 9.10. The first-order chi connectivity index (χ1) is 13.6. The van der Waals surface area contributed by atoms with Crippen molar-refractivity contribution in [3.63, 3.8) is 0 Å². The molecule has 2 heterocycles. The van der Waals surface area contributed by atoms with E-state index in [1.165, 1.54) is 23.1 Å². The van der Waals surface area contributed by atoms with Crippen molar-refractivity contribution in [2.45, 2.75) is 5.16 Å². The van der Waals surface area contributed by atoms with Gasteiger partial charge >= 0.3 is 0 Å². The monoisotopic (exact) mass is 471 g/mol. The molecule has 8 heteroatoms. The van der Waals surface area contributed by atoms with Gasteiger partial charge in [0.15, 0.2) is 5.16 Å². The summed E-state index contributed by atoms with van der Waals surface area (Å²) < 4.78 is 0.813. The number of fused-ring (bicyclic) bond motifs is 1. The Hall–Kier alpha value is -2.42. The third-order valence-corrected chi connectivity index (χ3v) is 6.43. The molecule has 0 aliphatic carbocycles.